The number of ether oxygens (including phenoxy) is 2. The van der Waals surface area contributed by atoms with Crippen LogP contribution in [0.1, 0.15) is 30.0 Å². The van der Waals surface area contributed by atoms with Gasteiger partial charge in [-0.3, -0.25) is 9.69 Å². The Kier molecular flexibility index (Phi) is 5.42. The molecule has 3 rings (SSSR count). The highest BCUT2D eigenvalue weighted by atomic mass is 19.1. The van der Waals surface area contributed by atoms with Gasteiger partial charge in [0.05, 0.1) is 20.3 Å². The van der Waals surface area contributed by atoms with Gasteiger partial charge in [-0.05, 0) is 37.1 Å². The fourth-order valence-electron chi connectivity index (χ4n) is 3.64. The van der Waals surface area contributed by atoms with Gasteiger partial charge in [0.15, 0.2) is 0 Å². The zero-order valence-electron chi connectivity index (χ0n) is 14.8. The minimum absolute atomic E-state index is 0.376. The van der Waals surface area contributed by atoms with Gasteiger partial charge in [0.25, 0.3) is 0 Å². The molecule has 0 aliphatic carbocycles. The predicted molar refractivity (Wildman–Crippen MR) is 95.2 cm³/mol. The Morgan fingerprint density at radius 2 is 1.96 bits per heavy atom. The zero-order chi connectivity index (χ0) is 18.7. The molecule has 0 aromatic heterocycles. The zero-order valence-corrected chi connectivity index (χ0v) is 14.8. The van der Waals surface area contributed by atoms with E-state index in [1.165, 1.54) is 6.07 Å². The number of halogens is 1. The van der Waals surface area contributed by atoms with Gasteiger partial charge in [-0.2, -0.15) is 0 Å². The van der Waals surface area contributed by atoms with Crippen molar-refractivity contribution in [1.82, 2.24) is 4.90 Å². The first-order valence-corrected chi connectivity index (χ1v) is 8.51. The van der Waals surface area contributed by atoms with Crippen LogP contribution in [0.15, 0.2) is 42.5 Å². The summed E-state index contributed by atoms with van der Waals surface area (Å²) in [5, 5.41) is 9.63. The van der Waals surface area contributed by atoms with Gasteiger partial charge in [-0.1, -0.05) is 18.2 Å². The van der Waals surface area contributed by atoms with Crippen molar-refractivity contribution in [3.05, 3.63) is 59.4 Å². The maximum atomic E-state index is 14.7. The van der Waals surface area contributed by atoms with Gasteiger partial charge in [0.1, 0.15) is 23.4 Å². The van der Waals surface area contributed by atoms with Crippen LogP contribution in [0, 0.1) is 5.82 Å². The molecular weight excluding hydrogens is 337 g/mol. The minimum atomic E-state index is -0.897. The third-order valence-electron chi connectivity index (χ3n) is 4.84. The number of hydrogen-bond acceptors (Lipinski definition) is 4. The second-order valence-corrected chi connectivity index (χ2v) is 6.27. The molecule has 6 heteroatoms. The summed E-state index contributed by atoms with van der Waals surface area (Å²) in [6.45, 7) is 0.566. The summed E-state index contributed by atoms with van der Waals surface area (Å²) in [6.07, 6.45) is 1.28. The normalized spacial score (nSPS) is 18.5. The van der Waals surface area contributed by atoms with E-state index in [9.17, 15) is 14.3 Å². The molecule has 5 nitrogen and oxygen atoms in total. The van der Waals surface area contributed by atoms with Crippen molar-refractivity contribution in [3.63, 3.8) is 0 Å². The molecule has 1 N–H and O–H groups in total. The number of carbonyl (C=O) groups is 1. The number of methoxy groups -OCH3 is 2. The molecule has 0 bridgehead atoms. The monoisotopic (exact) mass is 359 g/mol. The summed E-state index contributed by atoms with van der Waals surface area (Å²) >= 11 is 0. The Balaban J connectivity index is 2.19. The van der Waals surface area contributed by atoms with Crippen molar-refractivity contribution in [3.8, 4) is 11.5 Å². The Morgan fingerprint density at radius 1 is 1.19 bits per heavy atom. The lowest BCUT2D eigenvalue weighted by Gasteiger charge is -2.33. The van der Waals surface area contributed by atoms with Crippen LogP contribution in [0.4, 0.5) is 4.39 Å². The molecule has 2 unspecified atom stereocenters. The maximum Gasteiger partial charge on any atom is 0.320 e. The van der Waals surface area contributed by atoms with Gasteiger partial charge < -0.3 is 14.6 Å². The van der Waals surface area contributed by atoms with Crippen LogP contribution in [0.5, 0.6) is 11.5 Å². The summed E-state index contributed by atoms with van der Waals surface area (Å²) < 4.78 is 25.5. The Morgan fingerprint density at radius 3 is 2.62 bits per heavy atom. The lowest BCUT2D eigenvalue weighted by atomic mass is 9.94. The molecule has 2 aromatic rings. The number of carboxylic acids is 1. The summed E-state index contributed by atoms with van der Waals surface area (Å²) in [4.78, 5) is 13.6. The van der Waals surface area contributed by atoms with Crippen molar-refractivity contribution >= 4 is 5.97 Å². The van der Waals surface area contributed by atoms with E-state index in [1.807, 2.05) is 4.90 Å². The minimum Gasteiger partial charge on any atom is -0.497 e. The average molecular weight is 359 g/mol. The standard InChI is InChI=1S/C20H22FNO4/c1-25-13-9-10-18(26-2)15(12-13)19(14-6-3-4-7-16(14)21)22-11-5-8-17(22)20(23)24/h3-4,6-7,9-10,12,17,19H,5,8,11H2,1-2H3,(H,23,24). The largest absolute Gasteiger partial charge is 0.497 e. The number of hydrogen-bond donors (Lipinski definition) is 1. The molecule has 0 amide bonds. The Bertz CT molecular complexity index is 795. The molecule has 0 radical (unpaired) electrons. The van der Waals surface area contributed by atoms with Crippen LogP contribution in [0.25, 0.3) is 0 Å². The average Bonchev–Trinajstić information content (AvgIpc) is 3.13. The second kappa shape index (κ2) is 7.74. The number of nitrogens with zero attached hydrogens (tertiary/aromatic N) is 1. The topological polar surface area (TPSA) is 59.0 Å². The summed E-state index contributed by atoms with van der Waals surface area (Å²) in [5.41, 5.74) is 1.11. The predicted octanol–water partition coefficient (Wildman–Crippen LogP) is 3.48. The number of benzene rings is 2. The lowest BCUT2D eigenvalue weighted by molar-refractivity contribution is -0.142. The first kappa shape index (κ1) is 18.2. The second-order valence-electron chi connectivity index (χ2n) is 6.27. The first-order valence-electron chi connectivity index (χ1n) is 8.51. The molecule has 2 atom stereocenters. The van der Waals surface area contributed by atoms with Crippen LogP contribution in [0.2, 0.25) is 0 Å². The van der Waals surface area contributed by atoms with Crippen LogP contribution >= 0.6 is 0 Å². The molecule has 26 heavy (non-hydrogen) atoms. The van der Waals surface area contributed by atoms with Crippen molar-refractivity contribution in [1.29, 1.82) is 0 Å². The molecule has 1 heterocycles. The van der Waals surface area contributed by atoms with Gasteiger partial charge in [0, 0.05) is 17.7 Å². The SMILES string of the molecule is COc1ccc(OC)c(C(c2ccccc2F)N2CCCC2C(=O)O)c1. The van der Waals surface area contributed by atoms with Gasteiger partial charge in [-0.25, -0.2) is 4.39 Å². The van der Waals surface area contributed by atoms with Gasteiger partial charge in [0.2, 0.25) is 0 Å². The number of carboxylic acid groups (broad SMARTS) is 1. The summed E-state index contributed by atoms with van der Waals surface area (Å²) in [5.74, 6) is -0.104. The van der Waals surface area contributed by atoms with Crippen molar-refractivity contribution in [2.24, 2.45) is 0 Å². The van der Waals surface area contributed by atoms with E-state index in [0.717, 1.165) is 6.42 Å². The maximum absolute atomic E-state index is 14.7. The quantitative estimate of drug-likeness (QED) is 0.856. The molecule has 0 spiro atoms. The van der Waals surface area contributed by atoms with Crippen molar-refractivity contribution < 1.29 is 23.8 Å². The summed E-state index contributed by atoms with van der Waals surface area (Å²) in [7, 11) is 3.10. The van der Waals surface area contributed by atoms with E-state index in [0.29, 0.717) is 35.6 Å². The number of likely N-dealkylation sites (tertiary alicyclic amines) is 1. The molecule has 1 saturated heterocycles. The molecule has 1 aliphatic heterocycles. The fourth-order valence-corrected chi connectivity index (χ4v) is 3.64. The highest BCUT2D eigenvalue weighted by Gasteiger charge is 2.39. The molecule has 1 aliphatic rings. The van der Waals surface area contributed by atoms with Crippen LogP contribution < -0.4 is 9.47 Å². The fraction of sp³-hybridized carbons (Fsp3) is 0.350. The van der Waals surface area contributed by atoms with E-state index in [-0.39, 0.29) is 5.82 Å². The van der Waals surface area contributed by atoms with Crippen molar-refractivity contribution in [2.75, 3.05) is 20.8 Å². The third kappa shape index (κ3) is 3.37. The summed E-state index contributed by atoms with van der Waals surface area (Å²) in [6, 6.07) is 10.5. The molecule has 138 valence electrons. The molecular formula is C20H22FNO4. The number of rotatable bonds is 6. The highest BCUT2D eigenvalue weighted by Crippen LogP contribution is 2.41. The van der Waals surface area contributed by atoms with E-state index < -0.39 is 18.1 Å². The lowest BCUT2D eigenvalue weighted by Crippen LogP contribution is -2.39. The molecule has 2 aromatic carbocycles. The smallest absolute Gasteiger partial charge is 0.320 e. The van der Waals surface area contributed by atoms with E-state index >= 15 is 0 Å². The highest BCUT2D eigenvalue weighted by molar-refractivity contribution is 5.74. The first-order chi connectivity index (χ1) is 12.6. The van der Waals surface area contributed by atoms with Crippen LogP contribution in [-0.4, -0.2) is 42.8 Å². The number of aliphatic carboxylic acids is 1. The Labute approximate surface area is 152 Å². The van der Waals surface area contributed by atoms with E-state index in [1.54, 1.807) is 50.6 Å². The van der Waals surface area contributed by atoms with Crippen LogP contribution in [-0.2, 0) is 4.79 Å². The van der Waals surface area contributed by atoms with E-state index in [2.05, 4.69) is 0 Å². The van der Waals surface area contributed by atoms with E-state index in [4.69, 9.17) is 9.47 Å². The molecule has 0 saturated carbocycles. The van der Waals surface area contributed by atoms with Crippen LogP contribution in [0.3, 0.4) is 0 Å². The third-order valence-corrected chi connectivity index (χ3v) is 4.84. The van der Waals surface area contributed by atoms with Crippen molar-refractivity contribution in [2.45, 2.75) is 24.9 Å². The Hall–Kier alpha value is -2.60. The van der Waals surface area contributed by atoms with Gasteiger partial charge >= 0.3 is 5.97 Å². The molecule has 1 fully saturated rings. The van der Waals surface area contributed by atoms with Gasteiger partial charge in [-0.15, -0.1) is 0 Å².